The summed E-state index contributed by atoms with van der Waals surface area (Å²) in [6.07, 6.45) is 28.8. The number of allylic oxidation sites excluding steroid dienone is 8. The van der Waals surface area contributed by atoms with Crippen molar-refractivity contribution in [3.8, 4) is 0 Å². The van der Waals surface area contributed by atoms with Crippen molar-refractivity contribution in [3.05, 3.63) is 48.6 Å². The van der Waals surface area contributed by atoms with Gasteiger partial charge in [0.25, 0.3) is 0 Å². The zero-order valence-corrected chi connectivity index (χ0v) is 17.2. The molecule has 0 radical (unpaired) electrons. The van der Waals surface area contributed by atoms with E-state index in [1.807, 2.05) is 0 Å². The minimum absolute atomic E-state index is 0.251. The first-order chi connectivity index (χ1) is 12.6. The maximum atomic E-state index is 10.7. The number of hydrogen-bond donors (Lipinski definition) is 1. The Morgan fingerprint density at radius 1 is 0.808 bits per heavy atom. The van der Waals surface area contributed by atoms with Crippen LogP contribution in [-0.2, 0) is 4.79 Å². The van der Waals surface area contributed by atoms with Gasteiger partial charge in [0.05, 0.1) is 5.92 Å². The molecule has 0 aliphatic carbocycles. The van der Waals surface area contributed by atoms with Gasteiger partial charge in [0.15, 0.2) is 0 Å². The second-order valence-electron chi connectivity index (χ2n) is 7.19. The molecule has 26 heavy (non-hydrogen) atoms. The SMILES string of the molecule is CCCCCCC(C)/C=C\C/C=C\C/C=C\C/C=C\CCC(C)C(=O)O. The van der Waals surface area contributed by atoms with Crippen LogP contribution in [0.15, 0.2) is 48.6 Å². The molecule has 0 fully saturated rings. The van der Waals surface area contributed by atoms with Crippen molar-refractivity contribution < 1.29 is 9.90 Å². The Hall–Kier alpha value is -1.57. The van der Waals surface area contributed by atoms with Crippen LogP contribution in [0.3, 0.4) is 0 Å². The Balaban J connectivity index is 3.60. The zero-order chi connectivity index (χ0) is 19.5. The number of aliphatic carboxylic acids is 1. The molecule has 2 unspecified atom stereocenters. The van der Waals surface area contributed by atoms with Crippen LogP contribution < -0.4 is 0 Å². The highest BCUT2D eigenvalue weighted by Gasteiger charge is 2.08. The predicted molar refractivity (Wildman–Crippen MR) is 114 cm³/mol. The molecule has 0 aromatic rings. The molecule has 0 bridgehead atoms. The molecule has 0 aromatic carbocycles. The molecule has 0 amide bonds. The van der Waals surface area contributed by atoms with E-state index in [0.717, 1.165) is 25.7 Å². The van der Waals surface area contributed by atoms with Crippen molar-refractivity contribution in [2.75, 3.05) is 0 Å². The van der Waals surface area contributed by atoms with Gasteiger partial charge >= 0.3 is 5.97 Å². The van der Waals surface area contributed by atoms with Crippen molar-refractivity contribution in [2.45, 2.75) is 85.0 Å². The maximum absolute atomic E-state index is 10.7. The molecule has 0 aliphatic rings. The van der Waals surface area contributed by atoms with Crippen LogP contribution in [0.5, 0.6) is 0 Å². The summed E-state index contributed by atoms with van der Waals surface area (Å²) >= 11 is 0. The van der Waals surface area contributed by atoms with Gasteiger partial charge in [-0.15, -0.1) is 0 Å². The number of carboxylic acids is 1. The first-order valence-corrected chi connectivity index (χ1v) is 10.4. The van der Waals surface area contributed by atoms with Gasteiger partial charge in [0.2, 0.25) is 0 Å². The highest BCUT2D eigenvalue weighted by Crippen LogP contribution is 2.12. The molecule has 0 aromatic heterocycles. The topological polar surface area (TPSA) is 37.3 Å². The summed E-state index contributed by atoms with van der Waals surface area (Å²) in [6, 6.07) is 0. The van der Waals surface area contributed by atoms with Crippen LogP contribution in [0.2, 0.25) is 0 Å². The third-order valence-electron chi connectivity index (χ3n) is 4.48. The summed E-state index contributed by atoms with van der Waals surface area (Å²) in [5.74, 6) is -0.259. The molecule has 0 spiro atoms. The lowest BCUT2D eigenvalue weighted by Gasteiger charge is -2.04. The van der Waals surface area contributed by atoms with E-state index in [-0.39, 0.29) is 5.92 Å². The molecule has 0 aliphatic heterocycles. The lowest BCUT2D eigenvalue weighted by molar-refractivity contribution is -0.141. The highest BCUT2D eigenvalue weighted by molar-refractivity contribution is 5.69. The Morgan fingerprint density at radius 3 is 1.96 bits per heavy atom. The summed E-state index contributed by atoms with van der Waals surface area (Å²) in [5, 5.41) is 8.79. The van der Waals surface area contributed by atoms with E-state index < -0.39 is 5.97 Å². The maximum Gasteiger partial charge on any atom is 0.306 e. The minimum Gasteiger partial charge on any atom is -0.481 e. The van der Waals surface area contributed by atoms with Crippen LogP contribution in [0, 0.1) is 11.8 Å². The largest absolute Gasteiger partial charge is 0.481 e. The van der Waals surface area contributed by atoms with Crippen molar-refractivity contribution >= 4 is 5.97 Å². The fraction of sp³-hybridized carbons (Fsp3) is 0.625. The van der Waals surface area contributed by atoms with Gasteiger partial charge in [-0.2, -0.15) is 0 Å². The van der Waals surface area contributed by atoms with Gasteiger partial charge in [-0.05, 0) is 44.4 Å². The van der Waals surface area contributed by atoms with Crippen LogP contribution in [0.1, 0.15) is 85.0 Å². The van der Waals surface area contributed by atoms with E-state index in [2.05, 4.69) is 62.5 Å². The number of rotatable bonds is 16. The van der Waals surface area contributed by atoms with E-state index in [9.17, 15) is 4.79 Å². The van der Waals surface area contributed by atoms with Crippen molar-refractivity contribution in [1.82, 2.24) is 0 Å². The van der Waals surface area contributed by atoms with E-state index >= 15 is 0 Å². The van der Waals surface area contributed by atoms with Crippen LogP contribution in [0.4, 0.5) is 0 Å². The predicted octanol–water partition coefficient (Wildman–Crippen LogP) is 7.49. The van der Waals surface area contributed by atoms with Gasteiger partial charge in [-0.3, -0.25) is 4.79 Å². The van der Waals surface area contributed by atoms with Crippen molar-refractivity contribution in [3.63, 3.8) is 0 Å². The second-order valence-corrected chi connectivity index (χ2v) is 7.19. The molecule has 0 heterocycles. The quantitative estimate of drug-likeness (QED) is 0.229. The van der Waals surface area contributed by atoms with Crippen molar-refractivity contribution in [2.24, 2.45) is 11.8 Å². The van der Waals surface area contributed by atoms with Gasteiger partial charge < -0.3 is 5.11 Å². The minimum atomic E-state index is -0.707. The van der Waals surface area contributed by atoms with Gasteiger partial charge in [0.1, 0.15) is 0 Å². The monoisotopic (exact) mass is 360 g/mol. The number of unbranched alkanes of at least 4 members (excludes halogenated alkanes) is 3. The first-order valence-electron chi connectivity index (χ1n) is 10.4. The second kappa shape index (κ2) is 18.2. The van der Waals surface area contributed by atoms with E-state index in [0.29, 0.717) is 12.3 Å². The smallest absolute Gasteiger partial charge is 0.306 e. The van der Waals surface area contributed by atoms with E-state index in [1.54, 1.807) is 6.92 Å². The molecule has 1 N–H and O–H groups in total. The Bertz CT molecular complexity index is 443. The molecule has 148 valence electrons. The fourth-order valence-corrected chi connectivity index (χ4v) is 2.60. The molecule has 2 nitrogen and oxygen atoms in total. The average molecular weight is 361 g/mol. The van der Waals surface area contributed by atoms with Crippen LogP contribution >= 0.6 is 0 Å². The lowest BCUT2D eigenvalue weighted by Crippen LogP contribution is -2.08. The summed E-state index contributed by atoms with van der Waals surface area (Å²) in [7, 11) is 0. The van der Waals surface area contributed by atoms with Gasteiger partial charge in [0, 0.05) is 0 Å². The Kier molecular flexibility index (Phi) is 17.1. The summed E-state index contributed by atoms with van der Waals surface area (Å²) in [4.78, 5) is 10.7. The molecular weight excluding hydrogens is 320 g/mol. The number of carboxylic acid groups (broad SMARTS) is 1. The lowest BCUT2D eigenvalue weighted by atomic mass is 10.0. The van der Waals surface area contributed by atoms with Crippen LogP contribution in [0.25, 0.3) is 0 Å². The third kappa shape index (κ3) is 17.3. The molecule has 0 saturated heterocycles. The summed E-state index contributed by atoms with van der Waals surface area (Å²) < 4.78 is 0. The fourth-order valence-electron chi connectivity index (χ4n) is 2.60. The average Bonchev–Trinajstić information content (AvgIpc) is 2.62. The number of carbonyl (C=O) groups is 1. The molecule has 0 saturated carbocycles. The zero-order valence-electron chi connectivity index (χ0n) is 17.2. The standard InChI is InChI=1S/C24H40O2/c1-4-5-6-16-19-22(2)20-17-14-12-10-8-7-9-11-13-15-18-21-23(3)24(25)26/h7,9-10,12-13,15,17,20,22-23H,4-6,8,11,14,16,18-19,21H2,1-3H3,(H,25,26)/b9-7-,12-10-,15-13-,20-17-. The van der Waals surface area contributed by atoms with Gasteiger partial charge in [-0.1, -0.05) is 95.1 Å². The third-order valence-corrected chi connectivity index (χ3v) is 4.48. The molecular formula is C24H40O2. The van der Waals surface area contributed by atoms with E-state index in [4.69, 9.17) is 5.11 Å². The summed E-state index contributed by atoms with van der Waals surface area (Å²) in [5.41, 5.74) is 0. The Morgan fingerprint density at radius 2 is 1.38 bits per heavy atom. The van der Waals surface area contributed by atoms with E-state index in [1.165, 1.54) is 32.1 Å². The van der Waals surface area contributed by atoms with Crippen LogP contribution in [-0.4, -0.2) is 11.1 Å². The molecule has 2 heteroatoms. The molecule has 2 atom stereocenters. The summed E-state index contributed by atoms with van der Waals surface area (Å²) in [6.45, 7) is 6.32. The normalized spacial score (nSPS) is 14.9. The first kappa shape index (κ1) is 24.4. The molecule has 0 rings (SSSR count). The van der Waals surface area contributed by atoms with Gasteiger partial charge in [-0.25, -0.2) is 0 Å². The highest BCUT2D eigenvalue weighted by atomic mass is 16.4. The van der Waals surface area contributed by atoms with Crippen molar-refractivity contribution in [1.29, 1.82) is 0 Å². The number of hydrogen-bond acceptors (Lipinski definition) is 1. The Labute approximate surface area is 161 Å².